The smallest absolute Gasteiger partial charge is 0.127 e. The standard InChI is InChI=1S/C22H23FO5S/c1-11(18-9-12-4-2-3-5-17(12)29-18)14-8-13(6-7-15(14)23)22-21(27)20(26)19(25)16(10-24)28-22/h2-9,11,16,19-22,24-27H,10H2,1H3/t11?,16-,19-,20+,21-,22+/m1/s1. The molecule has 0 radical (unpaired) electrons. The fraction of sp³-hybridized carbons (Fsp3) is 0.364. The Kier molecular flexibility index (Phi) is 5.70. The highest BCUT2D eigenvalue weighted by atomic mass is 32.1. The number of halogens is 1. The minimum absolute atomic E-state index is 0.225. The average Bonchev–Trinajstić information content (AvgIpc) is 3.17. The van der Waals surface area contributed by atoms with Gasteiger partial charge >= 0.3 is 0 Å². The first kappa shape index (κ1) is 20.4. The van der Waals surface area contributed by atoms with Gasteiger partial charge in [0.05, 0.1) is 6.61 Å². The van der Waals surface area contributed by atoms with Gasteiger partial charge in [-0.1, -0.05) is 31.2 Å². The Morgan fingerprint density at radius 1 is 1.03 bits per heavy atom. The minimum atomic E-state index is -1.47. The second-order valence-electron chi connectivity index (χ2n) is 7.44. The Bertz CT molecular complexity index is 971. The molecule has 0 amide bonds. The molecular weight excluding hydrogens is 395 g/mol. The number of benzene rings is 2. The number of hydrogen-bond acceptors (Lipinski definition) is 6. The molecule has 2 heterocycles. The van der Waals surface area contributed by atoms with E-state index in [1.54, 1.807) is 17.4 Å². The maximum Gasteiger partial charge on any atom is 0.127 e. The van der Waals surface area contributed by atoms with E-state index < -0.39 is 37.1 Å². The molecule has 4 N–H and O–H groups in total. The monoisotopic (exact) mass is 418 g/mol. The van der Waals surface area contributed by atoms with Crippen LogP contribution in [-0.4, -0.2) is 51.4 Å². The summed E-state index contributed by atoms with van der Waals surface area (Å²) >= 11 is 1.60. The highest BCUT2D eigenvalue weighted by molar-refractivity contribution is 7.19. The van der Waals surface area contributed by atoms with Gasteiger partial charge < -0.3 is 25.2 Å². The topological polar surface area (TPSA) is 90.2 Å². The summed E-state index contributed by atoms with van der Waals surface area (Å²) in [4.78, 5) is 1.01. The van der Waals surface area contributed by atoms with Crippen LogP contribution in [0.1, 0.15) is 34.9 Å². The fourth-order valence-electron chi connectivity index (χ4n) is 3.82. The van der Waals surface area contributed by atoms with Gasteiger partial charge in [-0.3, -0.25) is 0 Å². The Balaban J connectivity index is 1.68. The summed E-state index contributed by atoms with van der Waals surface area (Å²) in [6.07, 6.45) is -6.29. The zero-order chi connectivity index (χ0) is 20.7. The maximum atomic E-state index is 14.7. The molecule has 7 heteroatoms. The molecule has 1 aliphatic rings. The second kappa shape index (κ2) is 8.10. The first-order chi connectivity index (χ1) is 13.9. The van der Waals surface area contributed by atoms with E-state index in [1.807, 2.05) is 37.3 Å². The molecule has 29 heavy (non-hydrogen) atoms. The van der Waals surface area contributed by atoms with Crippen LogP contribution < -0.4 is 0 Å². The summed E-state index contributed by atoms with van der Waals surface area (Å²) in [7, 11) is 0. The summed E-state index contributed by atoms with van der Waals surface area (Å²) in [5.74, 6) is -0.597. The van der Waals surface area contributed by atoms with Crippen molar-refractivity contribution in [1.82, 2.24) is 0 Å². The van der Waals surface area contributed by atoms with Crippen LogP contribution >= 0.6 is 11.3 Å². The van der Waals surface area contributed by atoms with Crippen molar-refractivity contribution in [2.24, 2.45) is 0 Å². The first-order valence-corrected chi connectivity index (χ1v) is 10.3. The molecule has 4 rings (SSSR count). The van der Waals surface area contributed by atoms with Gasteiger partial charge in [-0.2, -0.15) is 0 Å². The molecule has 154 valence electrons. The van der Waals surface area contributed by atoms with E-state index in [1.165, 1.54) is 12.1 Å². The van der Waals surface area contributed by atoms with Crippen molar-refractivity contribution in [2.45, 2.75) is 43.4 Å². The van der Waals surface area contributed by atoms with Crippen LogP contribution in [0, 0.1) is 5.82 Å². The predicted octanol–water partition coefficient (Wildman–Crippen LogP) is 2.71. The second-order valence-corrected chi connectivity index (χ2v) is 8.55. The van der Waals surface area contributed by atoms with Crippen LogP contribution in [0.4, 0.5) is 4.39 Å². The van der Waals surface area contributed by atoms with E-state index >= 15 is 0 Å². The van der Waals surface area contributed by atoms with Gasteiger partial charge in [0.25, 0.3) is 0 Å². The van der Waals surface area contributed by atoms with Crippen molar-refractivity contribution >= 4 is 21.4 Å². The number of thiophene rings is 1. The SMILES string of the molecule is CC(c1cc2ccccc2s1)c1cc([C@@H]2O[C@H](CO)[C@@H](O)[C@H](O)[C@H]2O)ccc1F. The zero-order valence-corrected chi connectivity index (χ0v) is 16.6. The van der Waals surface area contributed by atoms with Crippen molar-refractivity contribution in [2.75, 3.05) is 6.61 Å². The molecule has 1 aromatic heterocycles. The molecule has 1 saturated heterocycles. The Morgan fingerprint density at radius 3 is 2.52 bits per heavy atom. The van der Waals surface area contributed by atoms with Gasteiger partial charge in [-0.15, -0.1) is 11.3 Å². The third-order valence-corrected chi connectivity index (χ3v) is 6.88. The molecule has 6 atom stereocenters. The summed E-state index contributed by atoms with van der Waals surface area (Å²) in [5, 5.41) is 40.9. The quantitative estimate of drug-likeness (QED) is 0.523. The first-order valence-electron chi connectivity index (χ1n) is 9.49. The Labute approximate surface area is 171 Å². The summed E-state index contributed by atoms with van der Waals surface area (Å²) in [6.45, 7) is 1.41. The van der Waals surface area contributed by atoms with Crippen molar-refractivity contribution in [3.05, 3.63) is 70.4 Å². The highest BCUT2D eigenvalue weighted by Crippen LogP contribution is 2.38. The van der Waals surface area contributed by atoms with Crippen LogP contribution in [0.3, 0.4) is 0 Å². The Morgan fingerprint density at radius 2 is 1.79 bits per heavy atom. The van der Waals surface area contributed by atoms with E-state index in [-0.39, 0.29) is 11.7 Å². The lowest BCUT2D eigenvalue weighted by Gasteiger charge is -2.40. The molecule has 2 aromatic carbocycles. The minimum Gasteiger partial charge on any atom is -0.394 e. The number of fused-ring (bicyclic) bond motifs is 1. The normalized spacial score (nSPS) is 28.6. The van der Waals surface area contributed by atoms with E-state index in [2.05, 4.69) is 0 Å². The molecule has 1 unspecified atom stereocenters. The number of hydrogen-bond donors (Lipinski definition) is 4. The van der Waals surface area contributed by atoms with E-state index in [4.69, 9.17) is 4.74 Å². The fourth-order valence-corrected chi connectivity index (χ4v) is 4.95. The van der Waals surface area contributed by atoms with Gasteiger partial charge in [0, 0.05) is 15.5 Å². The summed E-state index contributed by atoms with van der Waals surface area (Å²) in [6, 6.07) is 14.4. The van der Waals surface area contributed by atoms with Gasteiger partial charge in [0.2, 0.25) is 0 Å². The third-order valence-electron chi connectivity index (χ3n) is 5.58. The number of aliphatic hydroxyl groups is 4. The van der Waals surface area contributed by atoms with Crippen LogP contribution in [0.2, 0.25) is 0 Å². The summed E-state index contributed by atoms with van der Waals surface area (Å²) < 4.78 is 21.4. The third kappa shape index (κ3) is 3.70. The molecule has 0 bridgehead atoms. The molecule has 0 spiro atoms. The Hall–Kier alpha value is -1.87. The van der Waals surface area contributed by atoms with Crippen LogP contribution in [0.5, 0.6) is 0 Å². The molecular formula is C22H23FO5S. The van der Waals surface area contributed by atoms with Crippen molar-refractivity contribution < 1.29 is 29.6 Å². The zero-order valence-electron chi connectivity index (χ0n) is 15.8. The molecule has 0 saturated carbocycles. The predicted molar refractivity (Wildman–Crippen MR) is 108 cm³/mol. The van der Waals surface area contributed by atoms with Gasteiger partial charge in [0.1, 0.15) is 36.3 Å². The average molecular weight is 418 g/mol. The lowest BCUT2D eigenvalue weighted by Crippen LogP contribution is -2.55. The van der Waals surface area contributed by atoms with E-state index in [0.29, 0.717) is 11.1 Å². The number of ether oxygens (including phenoxy) is 1. The molecule has 3 aromatic rings. The molecule has 1 fully saturated rings. The van der Waals surface area contributed by atoms with Crippen molar-refractivity contribution in [1.29, 1.82) is 0 Å². The van der Waals surface area contributed by atoms with Gasteiger partial charge in [-0.25, -0.2) is 4.39 Å². The van der Waals surface area contributed by atoms with E-state index in [9.17, 15) is 24.8 Å². The largest absolute Gasteiger partial charge is 0.394 e. The highest BCUT2D eigenvalue weighted by Gasteiger charge is 2.44. The van der Waals surface area contributed by atoms with Crippen LogP contribution in [0.25, 0.3) is 10.1 Å². The number of rotatable bonds is 4. The number of aliphatic hydroxyl groups excluding tert-OH is 4. The van der Waals surface area contributed by atoms with Crippen LogP contribution in [-0.2, 0) is 4.74 Å². The molecule has 1 aliphatic heterocycles. The lowest BCUT2D eigenvalue weighted by atomic mass is 9.89. The summed E-state index contributed by atoms with van der Waals surface area (Å²) in [5.41, 5.74) is 0.928. The molecule has 5 nitrogen and oxygen atoms in total. The van der Waals surface area contributed by atoms with Crippen LogP contribution in [0.15, 0.2) is 48.5 Å². The van der Waals surface area contributed by atoms with Gasteiger partial charge in [-0.05, 0) is 40.8 Å². The van der Waals surface area contributed by atoms with Crippen molar-refractivity contribution in [3.8, 4) is 0 Å². The lowest BCUT2D eigenvalue weighted by molar-refractivity contribution is -0.231. The van der Waals surface area contributed by atoms with Crippen molar-refractivity contribution in [3.63, 3.8) is 0 Å². The van der Waals surface area contributed by atoms with E-state index in [0.717, 1.165) is 15.0 Å². The molecule has 0 aliphatic carbocycles. The maximum absolute atomic E-state index is 14.7. The van der Waals surface area contributed by atoms with Gasteiger partial charge in [0.15, 0.2) is 0 Å².